The van der Waals surface area contributed by atoms with E-state index in [4.69, 9.17) is 0 Å². The average Bonchev–Trinajstić information content (AvgIpc) is 2.37. The summed E-state index contributed by atoms with van der Waals surface area (Å²) in [6.45, 7) is 7.09. The summed E-state index contributed by atoms with van der Waals surface area (Å²) >= 11 is 1.79. The Hall–Kier alpha value is -0.710. The van der Waals surface area contributed by atoms with Crippen LogP contribution in [0.1, 0.15) is 33.6 Å². The number of rotatable bonds is 6. The monoisotopic (exact) mass is 272 g/mol. The summed E-state index contributed by atoms with van der Waals surface area (Å²) in [5.41, 5.74) is 0. The van der Waals surface area contributed by atoms with Gasteiger partial charge in [-0.3, -0.25) is 9.59 Å². The maximum absolute atomic E-state index is 12.3. The number of piperazine rings is 1. The Morgan fingerprint density at radius 1 is 1.44 bits per heavy atom. The third-order valence-corrected chi connectivity index (χ3v) is 4.69. The quantitative estimate of drug-likeness (QED) is 0.797. The molecule has 18 heavy (non-hydrogen) atoms. The van der Waals surface area contributed by atoms with Crippen molar-refractivity contribution in [3.05, 3.63) is 0 Å². The van der Waals surface area contributed by atoms with Crippen molar-refractivity contribution in [3.8, 4) is 0 Å². The van der Waals surface area contributed by atoms with Gasteiger partial charge in [0.15, 0.2) is 0 Å². The second-order valence-corrected chi connectivity index (χ2v) is 6.30. The van der Waals surface area contributed by atoms with Gasteiger partial charge in [-0.25, -0.2) is 0 Å². The van der Waals surface area contributed by atoms with Crippen molar-refractivity contribution < 1.29 is 9.59 Å². The van der Waals surface area contributed by atoms with Crippen molar-refractivity contribution in [3.63, 3.8) is 0 Å². The van der Waals surface area contributed by atoms with Crippen LogP contribution in [-0.2, 0) is 9.59 Å². The Labute approximate surface area is 114 Å². The summed E-state index contributed by atoms with van der Waals surface area (Å²) in [5.74, 6) is 0.246. The van der Waals surface area contributed by atoms with Crippen LogP contribution in [0.5, 0.6) is 0 Å². The van der Waals surface area contributed by atoms with Gasteiger partial charge in [0.25, 0.3) is 0 Å². The van der Waals surface area contributed by atoms with Crippen LogP contribution in [-0.4, -0.2) is 47.4 Å². The maximum atomic E-state index is 12.3. The van der Waals surface area contributed by atoms with E-state index in [0.29, 0.717) is 11.8 Å². The highest BCUT2D eigenvalue weighted by Gasteiger charge is 2.35. The van der Waals surface area contributed by atoms with E-state index in [1.807, 2.05) is 13.8 Å². The number of hydrogen-bond donors (Lipinski definition) is 1. The average molecular weight is 272 g/mol. The molecule has 2 amide bonds. The normalized spacial score (nSPS) is 23.8. The highest BCUT2D eigenvalue weighted by Crippen LogP contribution is 2.16. The minimum absolute atomic E-state index is 0.0308. The van der Waals surface area contributed by atoms with Crippen molar-refractivity contribution in [1.82, 2.24) is 10.2 Å². The molecule has 5 heteroatoms. The first-order valence-electron chi connectivity index (χ1n) is 6.60. The molecule has 1 aliphatic heterocycles. The SMILES string of the molecule is CCC(C)C1NC(=O)CN(CCC(C)SC)C1=O. The molecule has 0 aromatic rings. The van der Waals surface area contributed by atoms with Crippen molar-refractivity contribution in [2.45, 2.75) is 44.9 Å². The Kier molecular flexibility index (Phi) is 5.99. The van der Waals surface area contributed by atoms with Crippen molar-refractivity contribution in [2.75, 3.05) is 19.3 Å². The third-order valence-electron chi connectivity index (χ3n) is 3.65. The van der Waals surface area contributed by atoms with E-state index >= 15 is 0 Å². The molecule has 0 saturated carbocycles. The number of amides is 2. The van der Waals surface area contributed by atoms with Gasteiger partial charge in [0, 0.05) is 11.8 Å². The zero-order chi connectivity index (χ0) is 13.7. The fraction of sp³-hybridized carbons (Fsp3) is 0.846. The lowest BCUT2D eigenvalue weighted by molar-refractivity contribution is -0.145. The van der Waals surface area contributed by atoms with Crippen molar-refractivity contribution in [1.29, 1.82) is 0 Å². The van der Waals surface area contributed by atoms with E-state index < -0.39 is 0 Å². The molecule has 3 atom stereocenters. The van der Waals surface area contributed by atoms with E-state index in [1.54, 1.807) is 16.7 Å². The lowest BCUT2D eigenvalue weighted by Crippen LogP contribution is -2.60. The largest absolute Gasteiger partial charge is 0.342 e. The Balaban J connectivity index is 2.61. The summed E-state index contributed by atoms with van der Waals surface area (Å²) in [6, 6.07) is -0.333. The number of hydrogen-bond acceptors (Lipinski definition) is 3. The van der Waals surface area contributed by atoms with Gasteiger partial charge in [0.2, 0.25) is 11.8 Å². The molecule has 0 aromatic heterocycles. The maximum Gasteiger partial charge on any atom is 0.245 e. The lowest BCUT2D eigenvalue weighted by Gasteiger charge is -2.35. The van der Waals surface area contributed by atoms with Gasteiger partial charge in [0.1, 0.15) is 6.04 Å². The van der Waals surface area contributed by atoms with Crippen LogP contribution in [0.15, 0.2) is 0 Å². The van der Waals surface area contributed by atoms with Gasteiger partial charge in [-0.05, 0) is 18.6 Å². The molecular weight excluding hydrogens is 248 g/mol. The van der Waals surface area contributed by atoms with Crippen LogP contribution in [0.3, 0.4) is 0 Å². The van der Waals surface area contributed by atoms with Crippen molar-refractivity contribution in [2.24, 2.45) is 5.92 Å². The molecule has 0 spiro atoms. The van der Waals surface area contributed by atoms with E-state index in [-0.39, 0.29) is 30.3 Å². The smallest absolute Gasteiger partial charge is 0.245 e. The number of nitrogens with one attached hydrogen (secondary N) is 1. The fourth-order valence-electron chi connectivity index (χ4n) is 1.99. The molecule has 0 radical (unpaired) electrons. The Bertz CT molecular complexity index is 309. The first-order chi connectivity index (χ1) is 8.49. The number of carbonyl (C=O) groups excluding carboxylic acids is 2. The molecule has 1 heterocycles. The topological polar surface area (TPSA) is 49.4 Å². The lowest BCUT2D eigenvalue weighted by atomic mass is 9.96. The van der Waals surface area contributed by atoms with Gasteiger partial charge < -0.3 is 10.2 Å². The molecular formula is C13H24N2O2S. The summed E-state index contributed by atoms with van der Waals surface area (Å²) < 4.78 is 0. The van der Waals surface area contributed by atoms with Crippen LogP contribution < -0.4 is 5.32 Å². The number of carbonyl (C=O) groups is 2. The molecule has 1 rings (SSSR count). The zero-order valence-electron chi connectivity index (χ0n) is 11.7. The summed E-state index contributed by atoms with van der Waals surface area (Å²) in [7, 11) is 0. The molecule has 0 aliphatic carbocycles. The molecule has 1 aliphatic rings. The molecule has 1 N–H and O–H groups in total. The summed E-state index contributed by atoms with van der Waals surface area (Å²) in [6.07, 6.45) is 3.90. The predicted molar refractivity (Wildman–Crippen MR) is 75.6 cm³/mol. The van der Waals surface area contributed by atoms with Gasteiger partial charge in [-0.2, -0.15) is 11.8 Å². The van der Waals surface area contributed by atoms with Gasteiger partial charge in [-0.1, -0.05) is 27.2 Å². The zero-order valence-corrected chi connectivity index (χ0v) is 12.5. The van der Waals surface area contributed by atoms with Crippen LogP contribution in [0, 0.1) is 5.92 Å². The number of thioether (sulfide) groups is 1. The molecule has 4 nitrogen and oxygen atoms in total. The molecule has 104 valence electrons. The van der Waals surface area contributed by atoms with E-state index in [1.165, 1.54) is 0 Å². The molecule has 0 bridgehead atoms. The second kappa shape index (κ2) is 7.02. The van der Waals surface area contributed by atoms with Crippen LogP contribution in [0.25, 0.3) is 0 Å². The van der Waals surface area contributed by atoms with Gasteiger partial charge in [-0.15, -0.1) is 0 Å². The van der Waals surface area contributed by atoms with Crippen LogP contribution in [0.4, 0.5) is 0 Å². The van der Waals surface area contributed by atoms with Gasteiger partial charge in [0.05, 0.1) is 6.54 Å². The summed E-state index contributed by atoms with van der Waals surface area (Å²) in [4.78, 5) is 25.6. The highest BCUT2D eigenvalue weighted by atomic mass is 32.2. The minimum atomic E-state index is -0.333. The molecule has 3 unspecified atom stereocenters. The molecule has 0 aromatic carbocycles. The highest BCUT2D eigenvalue weighted by molar-refractivity contribution is 7.99. The number of nitrogens with zero attached hydrogens (tertiary/aromatic N) is 1. The predicted octanol–water partition coefficient (Wildman–Crippen LogP) is 1.50. The first kappa shape index (κ1) is 15.3. The van der Waals surface area contributed by atoms with E-state index in [2.05, 4.69) is 18.5 Å². The third kappa shape index (κ3) is 3.90. The van der Waals surface area contributed by atoms with Crippen LogP contribution in [0.2, 0.25) is 0 Å². The van der Waals surface area contributed by atoms with Crippen LogP contribution >= 0.6 is 11.8 Å². The first-order valence-corrected chi connectivity index (χ1v) is 7.89. The van der Waals surface area contributed by atoms with Crippen molar-refractivity contribution >= 4 is 23.6 Å². The molecule has 1 saturated heterocycles. The molecule has 1 fully saturated rings. The standard InChI is InChI=1S/C13H24N2O2S/c1-5-9(2)12-13(17)15(8-11(16)14-12)7-6-10(3)18-4/h9-10,12H,5-8H2,1-4H3,(H,14,16). The Morgan fingerprint density at radius 2 is 2.11 bits per heavy atom. The van der Waals surface area contributed by atoms with Gasteiger partial charge >= 0.3 is 0 Å². The second-order valence-electron chi connectivity index (χ2n) is 5.03. The van der Waals surface area contributed by atoms with E-state index in [9.17, 15) is 9.59 Å². The summed E-state index contributed by atoms with van der Waals surface area (Å²) in [5, 5.41) is 3.33. The Morgan fingerprint density at radius 3 is 2.67 bits per heavy atom. The van der Waals surface area contributed by atoms with E-state index in [0.717, 1.165) is 12.8 Å². The fourth-order valence-corrected chi connectivity index (χ4v) is 2.34. The minimum Gasteiger partial charge on any atom is -0.342 e.